The highest BCUT2D eigenvalue weighted by Crippen LogP contribution is 2.34. The second kappa shape index (κ2) is 6.23. The third-order valence-electron chi connectivity index (χ3n) is 3.28. The highest BCUT2D eigenvalue weighted by molar-refractivity contribution is 5.49. The van der Waals surface area contributed by atoms with Gasteiger partial charge in [0.1, 0.15) is 19.0 Å². The Kier molecular flexibility index (Phi) is 3.97. The fourth-order valence-corrected chi connectivity index (χ4v) is 2.11. The van der Waals surface area contributed by atoms with E-state index in [9.17, 15) is 10.1 Å². The summed E-state index contributed by atoms with van der Waals surface area (Å²) in [6.45, 7) is 0.507. The summed E-state index contributed by atoms with van der Waals surface area (Å²) < 4.78 is 16.8. The van der Waals surface area contributed by atoms with Gasteiger partial charge in [-0.3, -0.25) is 10.1 Å². The van der Waals surface area contributed by atoms with Crippen LogP contribution in [0, 0.1) is 21.4 Å². The summed E-state index contributed by atoms with van der Waals surface area (Å²) in [5.41, 5.74) is 0.518. The fraction of sp³-hybridized carbons (Fsp3) is 0.188. The number of nitrogens with zero attached hydrogens (tertiary/aromatic N) is 2. The molecule has 7 nitrogen and oxygen atoms in total. The first kappa shape index (κ1) is 14.7. The first-order valence-electron chi connectivity index (χ1n) is 6.86. The summed E-state index contributed by atoms with van der Waals surface area (Å²) in [6.07, 6.45) is -0.320. The molecule has 0 radical (unpaired) electrons. The van der Waals surface area contributed by atoms with Gasteiger partial charge in [-0.1, -0.05) is 0 Å². The number of benzene rings is 2. The molecule has 2 aromatic rings. The van der Waals surface area contributed by atoms with Gasteiger partial charge in [-0.25, -0.2) is 0 Å². The Hall–Kier alpha value is -3.27. The second-order valence-corrected chi connectivity index (χ2v) is 4.89. The zero-order valence-electron chi connectivity index (χ0n) is 12.0. The maximum absolute atomic E-state index is 10.7. The first-order valence-corrected chi connectivity index (χ1v) is 6.86. The molecule has 1 atom stereocenters. The van der Waals surface area contributed by atoms with Gasteiger partial charge in [0.15, 0.2) is 17.6 Å². The summed E-state index contributed by atoms with van der Waals surface area (Å²) in [7, 11) is 0. The molecule has 0 spiro atoms. The Morgan fingerprint density at radius 3 is 2.74 bits per heavy atom. The summed E-state index contributed by atoms with van der Waals surface area (Å²) >= 11 is 0. The van der Waals surface area contributed by atoms with Gasteiger partial charge in [-0.15, -0.1) is 0 Å². The number of non-ortho nitro benzene ring substituents is 1. The van der Waals surface area contributed by atoms with E-state index in [1.165, 1.54) is 18.2 Å². The van der Waals surface area contributed by atoms with Gasteiger partial charge in [-0.05, 0) is 30.3 Å². The summed E-state index contributed by atoms with van der Waals surface area (Å²) in [5, 5.41) is 19.5. The number of nitriles is 1. The SMILES string of the molecule is N#Cc1ccc(OCC2COc3cc([N+](=O)[O-])ccc3O2)cc1. The van der Waals surface area contributed by atoms with Crippen molar-refractivity contribution in [3.05, 3.63) is 58.1 Å². The van der Waals surface area contributed by atoms with Crippen molar-refractivity contribution in [2.45, 2.75) is 6.10 Å². The molecule has 0 N–H and O–H groups in total. The predicted octanol–water partition coefficient (Wildman–Crippen LogP) is 2.69. The van der Waals surface area contributed by atoms with Crippen LogP contribution in [0.2, 0.25) is 0 Å². The van der Waals surface area contributed by atoms with Gasteiger partial charge >= 0.3 is 0 Å². The number of nitro groups is 1. The van der Waals surface area contributed by atoms with Gasteiger partial charge in [-0.2, -0.15) is 5.26 Å². The third kappa shape index (κ3) is 3.32. The van der Waals surface area contributed by atoms with Crippen LogP contribution in [0.15, 0.2) is 42.5 Å². The highest BCUT2D eigenvalue weighted by atomic mass is 16.6. The van der Waals surface area contributed by atoms with Crippen molar-refractivity contribution in [2.24, 2.45) is 0 Å². The van der Waals surface area contributed by atoms with E-state index in [0.29, 0.717) is 22.8 Å². The molecule has 0 aliphatic carbocycles. The molecule has 23 heavy (non-hydrogen) atoms. The zero-order chi connectivity index (χ0) is 16.2. The lowest BCUT2D eigenvalue weighted by atomic mass is 10.2. The predicted molar refractivity (Wildman–Crippen MR) is 79.7 cm³/mol. The average molecular weight is 312 g/mol. The number of fused-ring (bicyclic) bond motifs is 1. The molecule has 1 aliphatic rings. The minimum Gasteiger partial charge on any atom is -0.490 e. The topological polar surface area (TPSA) is 94.6 Å². The summed E-state index contributed by atoms with van der Waals surface area (Å²) in [4.78, 5) is 10.2. The molecule has 7 heteroatoms. The molecule has 2 aromatic carbocycles. The van der Waals surface area contributed by atoms with Crippen LogP contribution in [0.1, 0.15) is 5.56 Å². The second-order valence-electron chi connectivity index (χ2n) is 4.89. The molecule has 0 saturated heterocycles. The smallest absolute Gasteiger partial charge is 0.273 e. The van der Waals surface area contributed by atoms with Crippen molar-refractivity contribution in [1.82, 2.24) is 0 Å². The van der Waals surface area contributed by atoms with Crippen molar-refractivity contribution in [2.75, 3.05) is 13.2 Å². The Balaban J connectivity index is 1.61. The Labute approximate surface area is 131 Å². The van der Waals surface area contributed by atoms with Crippen molar-refractivity contribution in [3.8, 4) is 23.3 Å². The monoisotopic (exact) mass is 312 g/mol. The number of hydrogen-bond donors (Lipinski definition) is 0. The molecule has 3 rings (SSSR count). The van der Waals surface area contributed by atoms with E-state index >= 15 is 0 Å². The van der Waals surface area contributed by atoms with E-state index < -0.39 is 4.92 Å². The maximum Gasteiger partial charge on any atom is 0.273 e. The molecule has 0 aromatic heterocycles. The number of nitro benzene ring substituents is 1. The Bertz CT molecular complexity index is 767. The maximum atomic E-state index is 10.7. The molecular formula is C16H12N2O5. The van der Waals surface area contributed by atoms with Crippen LogP contribution in [0.5, 0.6) is 17.2 Å². The fourth-order valence-electron chi connectivity index (χ4n) is 2.11. The van der Waals surface area contributed by atoms with Crippen molar-refractivity contribution < 1.29 is 19.1 Å². The molecule has 1 heterocycles. The van der Waals surface area contributed by atoms with Crippen molar-refractivity contribution >= 4 is 5.69 Å². The van der Waals surface area contributed by atoms with Crippen molar-refractivity contribution in [3.63, 3.8) is 0 Å². The molecule has 1 aliphatic heterocycles. The van der Waals surface area contributed by atoms with Gasteiger partial charge in [0, 0.05) is 6.07 Å². The van der Waals surface area contributed by atoms with E-state index in [0.717, 1.165) is 0 Å². The summed E-state index contributed by atoms with van der Waals surface area (Å²) in [6, 6.07) is 13.0. The first-order chi connectivity index (χ1) is 11.2. The molecule has 1 unspecified atom stereocenters. The quantitative estimate of drug-likeness (QED) is 0.636. The lowest BCUT2D eigenvalue weighted by molar-refractivity contribution is -0.385. The normalized spacial score (nSPS) is 15.5. The standard InChI is InChI=1S/C16H12N2O5/c17-8-11-1-4-13(5-2-11)21-9-14-10-22-16-7-12(18(19)20)3-6-15(16)23-14/h1-7,14H,9-10H2. The van der Waals surface area contributed by atoms with E-state index in [1.807, 2.05) is 6.07 Å². The van der Waals surface area contributed by atoms with Crippen LogP contribution in [-0.4, -0.2) is 24.2 Å². The molecule has 0 saturated carbocycles. The number of rotatable bonds is 4. The van der Waals surface area contributed by atoms with Gasteiger partial charge in [0.2, 0.25) is 0 Å². The van der Waals surface area contributed by atoms with Crippen LogP contribution in [-0.2, 0) is 0 Å². The van der Waals surface area contributed by atoms with Crippen LogP contribution >= 0.6 is 0 Å². The largest absolute Gasteiger partial charge is 0.490 e. The van der Waals surface area contributed by atoms with Crippen LogP contribution in [0.3, 0.4) is 0 Å². The van der Waals surface area contributed by atoms with Crippen LogP contribution in [0.4, 0.5) is 5.69 Å². The molecule has 0 bridgehead atoms. The zero-order valence-corrected chi connectivity index (χ0v) is 12.0. The van der Waals surface area contributed by atoms with E-state index in [-0.39, 0.29) is 25.0 Å². The Morgan fingerprint density at radius 2 is 2.04 bits per heavy atom. The van der Waals surface area contributed by atoms with E-state index in [2.05, 4.69) is 0 Å². The van der Waals surface area contributed by atoms with Crippen molar-refractivity contribution in [1.29, 1.82) is 5.26 Å². The lowest BCUT2D eigenvalue weighted by Gasteiger charge is -2.26. The third-order valence-corrected chi connectivity index (χ3v) is 3.28. The Morgan fingerprint density at radius 1 is 1.26 bits per heavy atom. The molecule has 116 valence electrons. The van der Waals surface area contributed by atoms with Crippen LogP contribution < -0.4 is 14.2 Å². The minimum absolute atomic E-state index is 0.0420. The lowest BCUT2D eigenvalue weighted by Crippen LogP contribution is -2.34. The number of ether oxygens (including phenoxy) is 3. The van der Waals surface area contributed by atoms with Gasteiger partial charge < -0.3 is 14.2 Å². The van der Waals surface area contributed by atoms with E-state index in [4.69, 9.17) is 19.5 Å². The highest BCUT2D eigenvalue weighted by Gasteiger charge is 2.23. The summed E-state index contributed by atoms with van der Waals surface area (Å²) in [5.74, 6) is 1.44. The minimum atomic E-state index is -0.482. The van der Waals surface area contributed by atoms with Gasteiger partial charge in [0.25, 0.3) is 5.69 Å². The average Bonchev–Trinajstić information content (AvgIpc) is 2.59. The number of hydrogen-bond acceptors (Lipinski definition) is 6. The van der Waals surface area contributed by atoms with Crippen LogP contribution in [0.25, 0.3) is 0 Å². The molecule has 0 fully saturated rings. The van der Waals surface area contributed by atoms with E-state index in [1.54, 1.807) is 24.3 Å². The molecular weight excluding hydrogens is 300 g/mol. The van der Waals surface area contributed by atoms with Gasteiger partial charge in [0.05, 0.1) is 22.6 Å². The molecule has 0 amide bonds.